The fourth-order valence-electron chi connectivity index (χ4n) is 0.952. The lowest BCUT2D eigenvalue weighted by atomic mass is 10.1. The molecule has 0 aliphatic rings. The SMILES string of the molecule is [B]c1cnc2ccccn12. The van der Waals surface area contributed by atoms with Crippen molar-refractivity contribution < 1.29 is 0 Å². The van der Waals surface area contributed by atoms with E-state index >= 15 is 0 Å². The van der Waals surface area contributed by atoms with Crippen molar-refractivity contribution in [1.82, 2.24) is 9.38 Å². The van der Waals surface area contributed by atoms with Gasteiger partial charge < -0.3 is 4.40 Å². The number of hydrogen-bond donors (Lipinski definition) is 0. The zero-order chi connectivity index (χ0) is 6.97. The summed E-state index contributed by atoms with van der Waals surface area (Å²) in [5, 5.41) is 0. The highest BCUT2D eigenvalue weighted by Gasteiger charge is 1.92. The van der Waals surface area contributed by atoms with Gasteiger partial charge in [-0.05, 0) is 17.7 Å². The monoisotopic (exact) mass is 128 g/mol. The lowest BCUT2D eigenvalue weighted by molar-refractivity contribution is 1.22. The van der Waals surface area contributed by atoms with E-state index in [0.717, 1.165) is 5.65 Å². The minimum Gasteiger partial charge on any atom is -0.315 e. The van der Waals surface area contributed by atoms with E-state index in [1.807, 2.05) is 28.8 Å². The highest BCUT2D eigenvalue weighted by Crippen LogP contribution is 1.94. The standard InChI is InChI=1S/C7H5BN2/c8-6-5-9-7-3-1-2-4-10(6)7/h1-5H. The molecule has 0 fully saturated rings. The Kier molecular flexibility index (Phi) is 1.03. The van der Waals surface area contributed by atoms with Gasteiger partial charge in [-0.15, -0.1) is 0 Å². The summed E-state index contributed by atoms with van der Waals surface area (Å²) in [4.78, 5) is 4.06. The highest BCUT2D eigenvalue weighted by atomic mass is 15.0. The van der Waals surface area contributed by atoms with Gasteiger partial charge in [-0.1, -0.05) is 6.07 Å². The predicted octanol–water partition coefficient (Wildman–Crippen LogP) is 0.128. The van der Waals surface area contributed by atoms with Crippen LogP contribution in [-0.2, 0) is 0 Å². The zero-order valence-electron chi connectivity index (χ0n) is 5.36. The van der Waals surface area contributed by atoms with Crippen molar-refractivity contribution in [2.45, 2.75) is 0 Å². The summed E-state index contributed by atoms with van der Waals surface area (Å²) < 4.78 is 1.83. The van der Waals surface area contributed by atoms with Gasteiger partial charge >= 0.3 is 0 Å². The lowest BCUT2D eigenvalue weighted by Gasteiger charge is -1.92. The van der Waals surface area contributed by atoms with Gasteiger partial charge in [0.2, 0.25) is 0 Å². The molecular formula is C7H5BN2. The van der Waals surface area contributed by atoms with Crippen molar-refractivity contribution >= 4 is 19.1 Å². The number of aromatic nitrogens is 2. The van der Waals surface area contributed by atoms with Crippen LogP contribution in [0.2, 0.25) is 0 Å². The minimum absolute atomic E-state index is 0.676. The van der Waals surface area contributed by atoms with Crippen molar-refractivity contribution in [3.05, 3.63) is 30.6 Å². The Morgan fingerprint density at radius 1 is 1.40 bits per heavy atom. The Morgan fingerprint density at radius 3 is 3.10 bits per heavy atom. The largest absolute Gasteiger partial charge is 0.315 e. The minimum atomic E-state index is 0.676. The molecule has 0 bridgehead atoms. The molecule has 0 aliphatic heterocycles. The fraction of sp³-hybridized carbons (Fsp3) is 0. The van der Waals surface area contributed by atoms with Crippen LogP contribution < -0.4 is 5.59 Å². The topological polar surface area (TPSA) is 17.3 Å². The van der Waals surface area contributed by atoms with Crippen molar-refractivity contribution in [1.29, 1.82) is 0 Å². The van der Waals surface area contributed by atoms with Gasteiger partial charge in [-0.2, -0.15) is 0 Å². The fourth-order valence-corrected chi connectivity index (χ4v) is 0.952. The van der Waals surface area contributed by atoms with Crippen LogP contribution in [0.3, 0.4) is 0 Å². The van der Waals surface area contributed by atoms with E-state index in [0.29, 0.717) is 5.59 Å². The maximum absolute atomic E-state index is 5.58. The van der Waals surface area contributed by atoms with Crippen LogP contribution in [-0.4, -0.2) is 17.2 Å². The average Bonchev–Trinajstić information content (AvgIpc) is 2.34. The van der Waals surface area contributed by atoms with Gasteiger partial charge in [-0.3, -0.25) is 0 Å². The smallest absolute Gasteiger partial charge is 0.141 e. The number of hydrogen-bond acceptors (Lipinski definition) is 1. The van der Waals surface area contributed by atoms with Crippen molar-refractivity contribution in [2.75, 3.05) is 0 Å². The van der Waals surface area contributed by atoms with Gasteiger partial charge in [0.1, 0.15) is 13.5 Å². The Hall–Kier alpha value is -1.25. The van der Waals surface area contributed by atoms with E-state index in [1.54, 1.807) is 6.20 Å². The van der Waals surface area contributed by atoms with Gasteiger partial charge in [0.25, 0.3) is 0 Å². The third-order valence-electron chi connectivity index (χ3n) is 1.45. The zero-order valence-corrected chi connectivity index (χ0v) is 5.36. The highest BCUT2D eigenvalue weighted by molar-refractivity contribution is 6.31. The Bertz CT molecular complexity index is 353. The summed E-state index contributed by atoms with van der Waals surface area (Å²) in [5.41, 5.74) is 1.57. The van der Waals surface area contributed by atoms with Gasteiger partial charge in [0, 0.05) is 12.4 Å². The molecule has 0 aliphatic carbocycles. The summed E-state index contributed by atoms with van der Waals surface area (Å²) >= 11 is 0. The van der Waals surface area contributed by atoms with Crippen LogP contribution in [0, 0.1) is 0 Å². The van der Waals surface area contributed by atoms with E-state index < -0.39 is 0 Å². The van der Waals surface area contributed by atoms with Crippen LogP contribution in [0.4, 0.5) is 0 Å². The molecule has 0 spiro atoms. The van der Waals surface area contributed by atoms with E-state index in [1.165, 1.54) is 0 Å². The molecule has 0 saturated heterocycles. The first kappa shape index (κ1) is 5.53. The Balaban J connectivity index is 2.93. The molecule has 2 nitrogen and oxygen atoms in total. The molecule has 46 valence electrons. The number of fused-ring (bicyclic) bond motifs is 1. The van der Waals surface area contributed by atoms with Gasteiger partial charge in [0.05, 0.1) is 0 Å². The second-order valence-corrected chi connectivity index (χ2v) is 2.11. The van der Waals surface area contributed by atoms with Gasteiger partial charge in [0.15, 0.2) is 0 Å². The molecule has 2 aromatic heterocycles. The second kappa shape index (κ2) is 1.87. The lowest BCUT2D eigenvalue weighted by Crippen LogP contribution is -2.07. The first-order valence-electron chi connectivity index (χ1n) is 3.05. The van der Waals surface area contributed by atoms with Crippen LogP contribution in [0.1, 0.15) is 0 Å². The first-order valence-corrected chi connectivity index (χ1v) is 3.05. The predicted molar refractivity (Wildman–Crippen MR) is 40.6 cm³/mol. The molecule has 2 aromatic rings. The molecular weight excluding hydrogens is 123 g/mol. The molecule has 0 aromatic carbocycles. The molecule has 2 rings (SSSR count). The van der Waals surface area contributed by atoms with Crippen molar-refractivity contribution in [2.24, 2.45) is 0 Å². The Labute approximate surface area is 59.9 Å². The average molecular weight is 128 g/mol. The normalized spacial score (nSPS) is 10.4. The van der Waals surface area contributed by atoms with Crippen LogP contribution in [0.5, 0.6) is 0 Å². The third kappa shape index (κ3) is 0.636. The molecule has 2 radical (unpaired) electrons. The first-order chi connectivity index (χ1) is 4.88. The summed E-state index contributed by atoms with van der Waals surface area (Å²) in [7, 11) is 5.58. The van der Waals surface area contributed by atoms with Crippen molar-refractivity contribution in [3.63, 3.8) is 0 Å². The summed E-state index contributed by atoms with van der Waals surface area (Å²) in [6.07, 6.45) is 3.53. The van der Waals surface area contributed by atoms with E-state index in [2.05, 4.69) is 4.98 Å². The van der Waals surface area contributed by atoms with Crippen LogP contribution in [0.25, 0.3) is 5.65 Å². The molecule has 0 N–H and O–H groups in total. The van der Waals surface area contributed by atoms with E-state index in [4.69, 9.17) is 7.85 Å². The Morgan fingerprint density at radius 2 is 2.30 bits per heavy atom. The van der Waals surface area contributed by atoms with Crippen LogP contribution in [0.15, 0.2) is 30.6 Å². The second-order valence-electron chi connectivity index (χ2n) is 2.11. The summed E-state index contributed by atoms with van der Waals surface area (Å²) in [6, 6.07) is 5.77. The maximum Gasteiger partial charge on any atom is 0.141 e. The molecule has 2 heterocycles. The molecule has 10 heavy (non-hydrogen) atoms. The third-order valence-corrected chi connectivity index (χ3v) is 1.45. The number of pyridine rings is 1. The number of imidazole rings is 1. The quantitative estimate of drug-likeness (QED) is 0.461. The molecule has 0 saturated carbocycles. The van der Waals surface area contributed by atoms with Crippen molar-refractivity contribution in [3.8, 4) is 0 Å². The summed E-state index contributed by atoms with van der Waals surface area (Å²) in [5.74, 6) is 0. The molecule has 0 atom stereocenters. The van der Waals surface area contributed by atoms with Gasteiger partial charge in [-0.25, -0.2) is 4.98 Å². The van der Waals surface area contributed by atoms with E-state index in [-0.39, 0.29) is 0 Å². The van der Waals surface area contributed by atoms with Crippen LogP contribution >= 0.6 is 0 Å². The summed E-state index contributed by atoms with van der Waals surface area (Å²) in [6.45, 7) is 0. The maximum atomic E-state index is 5.58. The molecule has 0 amide bonds. The molecule has 3 heteroatoms. The number of nitrogens with zero attached hydrogens (tertiary/aromatic N) is 2. The molecule has 0 unspecified atom stereocenters. The number of rotatable bonds is 0. The van der Waals surface area contributed by atoms with E-state index in [9.17, 15) is 0 Å².